The summed E-state index contributed by atoms with van der Waals surface area (Å²) in [5.41, 5.74) is 4.01. The Morgan fingerprint density at radius 1 is 1.03 bits per heavy atom. The van der Waals surface area contributed by atoms with Crippen molar-refractivity contribution in [1.82, 2.24) is 15.1 Å². The number of aromatic amines is 1. The number of aromatic nitrogens is 2. The van der Waals surface area contributed by atoms with Gasteiger partial charge in [-0.25, -0.2) is 0 Å². The highest BCUT2D eigenvalue weighted by atomic mass is 16.5. The van der Waals surface area contributed by atoms with E-state index in [0.717, 1.165) is 55.0 Å². The molecule has 1 aromatic heterocycles. The van der Waals surface area contributed by atoms with Crippen molar-refractivity contribution in [3.8, 4) is 5.75 Å². The summed E-state index contributed by atoms with van der Waals surface area (Å²) < 4.78 is 11.5. The Morgan fingerprint density at radius 3 is 2.69 bits per heavy atom. The van der Waals surface area contributed by atoms with E-state index in [0.29, 0.717) is 23.6 Å². The van der Waals surface area contributed by atoms with Gasteiger partial charge in [0.2, 0.25) is 0 Å². The van der Waals surface area contributed by atoms with Crippen molar-refractivity contribution >= 4 is 34.6 Å². The highest BCUT2D eigenvalue weighted by Crippen LogP contribution is 2.28. The third kappa shape index (κ3) is 5.77. The second-order valence-corrected chi connectivity index (χ2v) is 8.37. The van der Waals surface area contributed by atoms with Crippen LogP contribution >= 0.6 is 0 Å². The Morgan fingerprint density at radius 2 is 1.83 bits per heavy atom. The molecule has 0 spiro atoms. The fraction of sp³-hybridized carbons (Fsp3) is 0.214. The van der Waals surface area contributed by atoms with Gasteiger partial charge in [0.25, 0.3) is 5.91 Å². The van der Waals surface area contributed by atoms with Gasteiger partial charge >= 0.3 is 0 Å². The van der Waals surface area contributed by atoms with Crippen LogP contribution in [0.2, 0.25) is 0 Å². The summed E-state index contributed by atoms with van der Waals surface area (Å²) in [6.07, 6.45) is 3.95. The first kappa shape index (κ1) is 22.8. The van der Waals surface area contributed by atoms with Crippen molar-refractivity contribution in [3.05, 3.63) is 89.6 Å². The third-order valence-electron chi connectivity index (χ3n) is 5.99. The van der Waals surface area contributed by atoms with Crippen LogP contribution in [-0.2, 0) is 4.74 Å². The van der Waals surface area contributed by atoms with Crippen molar-refractivity contribution in [2.45, 2.75) is 0 Å². The highest BCUT2D eigenvalue weighted by Gasteiger charge is 2.13. The van der Waals surface area contributed by atoms with E-state index in [-0.39, 0.29) is 5.91 Å². The summed E-state index contributed by atoms with van der Waals surface area (Å²) in [5, 5.41) is 11.5. The van der Waals surface area contributed by atoms with E-state index in [2.05, 4.69) is 20.4 Å². The maximum Gasteiger partial charge on any atom is 0.255 e. The lowest BCUT2D eigenvalue weighted by atomic mass is 10.1. The van der Waals surface area contributed by atoms with Gasteiger partial charge in [-0.1, -0.05) is 48.5 Å². The monoisotopic (exact) mass is 468 g/mol. The summed E-state index contributed by atoms with van der Waals surface area (Å²) >= 11 is 0. The number of para-hydroxylation sites is 1. The molecule has 2 N–H and O–H groups in total. The predicted octanol–water partition coefficient (Wildman–Crippen LogP) is 4.70. The van der Waals surface area contributed by atoms with Gasteiger partial charge in [-0.2, -0.15) is 5.10 Å². The largest absolute Gasteiger partial charge is 0.490 e. The van der Waals surface area contributed by atoms with Crippen LogP contribution in [0.4, 0.5) is 5.69 Å². The molecule has 5 rings (SSSR count). The minimum atomic E-state index is -0.178. The maximum atomic E-state index is 12.9. The van der Waals surface area contributed by atoms with Crippen LogP contribution in [0.1, 0.15) is 21.6 Å². The molecule has 0 atom stereocenters. The molecule has 0 saturated carbocycles. The topological polar surface area (TPSA) is 79.5 Å². The van der Waals surface area contributed by atoms with Gasteiger partial charge in [0.15, 0.2) is 0 Å². The molecule has 2 heterocycles. The predicted molar refractivity (Wildman–Crippen MR) is 139 cm³/mol. The van der Waals surface area contributed by atoms with Gasteiger partial charge in [-0.15, -0.1) is 0 Å². The number of carbonyl (C=O) groups is 1. The number of benzene rings is 3. The van der Waals surface area contributed by atoms with Gasteiger partial charge in [-0.05, 0) is 42.0 Å². The molecular formula is C28H28N4O3. The molecule has 1 amide bonds. The maximum absolute atomic E-state index is 12.9. The zero-order valence-corrected chi connectivity index (χ0v) is 19.4. The summed E-state index contributed by atoms with van der Waals surface area (Å²) in [4.78, 5) is 15.2. The first-order chi connectivity index (χ1) is 17.3. The number of fused-ring (bicyclic) bond motifs is 1. The minimum absolute atomic E-state index is 0.178. The first-order valence-corrected chi connectivity index (χ1v) is 11.8. The van der Waals surface area contributed by atoms with Crippen LogP contribution < -0.4 is 10.1 Å². The summed E-state index contributed by atoms with van der Waals surface area (Å²) in [6, 6.07) is 23.0. The number of carbonyl (C=O) groups excluding carboxylic acids is 1. The third-order valence-corrected chi connectivity index (χ3v) is 5.99. The average molecular weight is 469 g/mol. The summed E-state index contributed by atoms with van der Waals surface area (Å²) in [6.45, 7) is 4.67. The Kier molecular flexibility index (Phi) is 7.17. The number of nitrogens with one attached hydrogen (secondary N) is 2. The van der Waals surface area contributed by atoms with E-state index >= 15 is 0 Å². The van der Waals surface area contributed by atoms with Crippen LogP contribution in [-0.4, -0.2) is 60.5 Å². The smallest absolute Gasteiger partial charge is 0.255 e. The molecule has 7 heteroatoms. The second kappa shape index (κ2) is 11.0. The number of anilines is 1. The summed E-state index contributed by atoms with van der Waals surface area (Å²) in [5.74, 6) is 0.466. The molecule has 0 aliphatic carbocycles. The minimum Gasteiger partial charge on any atom is -0.490 e. The lowest BCUT2D eigenvalue weighted by Gasteiger charge is -2.26. The fourth-order valence-electron chi connectivity index (χ4n) is 4.06. The Labute approximate surface area is 204 Å². The molecule has 3 aromatic carbocycles. The molecule has 0 bridgehead atoms. The zero-order valence-electron chi connectivity index (χ0n) is 19.4. The van der Waals surface area contributed by atoms with Crippen LogP contribution in [0.3, 0.4) is 0 Å². The van der Waals surface area contributed by atoms with Crippen molar-refractivity contribution in [2.24, 2.45) is 0 Å². The lowest BCUT2D eigenvalue weighted by Crippen LogP contribution is -2.38. The quantitative estimate of drug-likeness (QED) is 0.392. The average Bonchev–Trinajstić information content (AvgIpc) is 3.33. The Bertz CT molecular complexity index is 1310. The van der Waals surface area contributed by atoms with Crippen molar-refractivity contribution in [3.63, 3.8) is 0 Å². The standard InChI is InChI=1S/C28H28N4O3/c33-28(22-6-2-1-3-7-22)29-26-20-21(10-12-25-23-8-4-5-9-24(23)30-31-25)11-13-27(26)35-19-16-32-14-17-34-18-15-32/h1-13,20H,14-19H2,(H,29,33)(H,30,31). The second-order valence-electron chi connectivity index (χ2n) is 8.37. The van der Waals surface area contributed by atoms with E-state index in [4.69, 9.17) is 9.47 Å². The van der Waals surface area contributed by atoms with Gasteiger partial charge in [-0.3, -0.25) is 14.8 Å². The molecule has 1 fully saturated rings. The van der Waals surface area contributed by atoms with Gasteiger partial charge in [0.05, 0.1) is 30.1 Å². The number of amides is 1. The zero-order chi connectivity index (χ0) is 23.9. The number of H-pyrrole nitrogens is 1. The van der Waals surface area contributed by atoms with E-state index in [1.54, 1.807) is 12.1 Å². The van der Waals surface area contributed by atoms with Crippen LogP contribution in [0, 0.1) is 0 Å². The van der Waals surface area contributed by atoms with E-state index in [9.17, 15) is 4.79 Å². The first-order valence-electron chi connectivity index (χ1n) is 11.8. The van der Waals surface area contributed by atoms with Crippen LogP contribution in [0.15, 0.2) is 72.8 Å². The Hall–Kier alpha value is -3.94. The normalized spacial score (nSPS) is 14.4. The molecular weight excluding hydrogens is 440 g/mol. The van der Waals surface area contributed by atoms with Crippen LogP contribution in [0.25, 0.3) is 23.1 Å². The van der Waals surface area contributed by atoms with Gasteiger partial charge < -0.3 is 14.8 Å². The fourth-order valence-corrected chi connectivity index (χ4v) is 4.06. The molecule has 0 unspecified atom stereocenters. The number of rotatable bonds is 8. The van der Waals surface area contributed by atoms with E-state index in [1.165, 1.54) is 0 Å². The molecule has 0 radical (unpaired) electrons. The molecule has 7 nitrogen and oxygen atoms in total. The highest BCUT2D eigenvalue weighted by molar-refractivity contribution is 6.05. The van der Waals surface area contributed by atoms with Crippen LogP contribution in [0.5, 0.6) is 5.75 Å². The number of morpholine rings is 1. The number of hydrogen-bond donors (Lipinski definition) is 2. The molecule has 1 saturated heterocycles. The van der Waals surface area contributed by atoms with Gasteiger partial charge in [0.1, 0.15) is 12.4 Å². The molecule has 1 aliphatic heterocycles. The number of nitrogens with zero attached hydrogens (tertiary/aromatic N) is 2. The molecule has 1 aliphatic rings. The number of hydrogen-bond acceptors (Lipinski definition) is 5. The van der Waals surface area contributed by atoms with E-state index < -0.39 is 0 Å². The molecule has 35 heavy (non-hydrogen) atoms. The van der Waals surface area contributed by atoms with E-state index in [1.807, 2.05) is 72.8 Å². The SMILES string of the molecule is O=C(Nc1cc(C=Cc2n[nH]c3ccccc23)ccc1OCCN1CCOCC1)c1ccccc1. The lowest BCUT2D eigenvalue weighted by molar-refractivity contribution is 0.0323. The van der Waals surface area contributed by atoms with Crippen molar-refractivity contribution in [1.29, 1.82) is 0 Å². The summed E-state index contributed by atoms with van der Waals surface area (Å²) in [7, 11) is 0. The van der Waals surface area contributed by atoms with Crippen molar-refractivity contribution < 1.29 is 14.3 Å². The Balaban J connectivity index is 1.35. The molecule has 4 aromatic rings. The number of ether oxygens (including phenoxy) is 2. The van der Waals surface area contributed by atoms with Crippen molar-refractivity contribution in [2.75, 3.05) is 44.8 Å². The molecule has 178 valence electrons. The van der Waals surface area contributed by atoms with Gasteiger partial charge in [0, 0.05) is 30.6 Å².